The van der Waals surface area contributed by atoms with Gasteiger partial charge in [0.2, 0.25) is 0 Å². The lowest BCUT2D eigenvalue weighted by Crippen LogP contribution is -2.50. The molecule has 1 rings (SSSR count). The van der Waals surface area contributed by atoms with E-state index in [0.717, 1.165) is 0 Å². The zero-order chi connectivity index (χ0) is 11.3. The molecule has 0 amide bonds. The van der Waals surface area contributed by atoms with Crippen LogP contribution in [-0.2, 0) is 0 Å². The van der Waals surface area contributed by atoms with Crippen molar-refractivity contribution >= 4 is 5.96 Å². The lowest BCUT2D eigenvalue weighted by atomic mass is 10.2. The van der Waals surface area contributed by atoms with Gasteiger partial charge in [-0.25, -0.2) is 0 Å². The molecule has 0 bridgehead atoms. The van der Waals surface area contributed by atoms with Crippen LogP contribution in [0.15, 0.2) is 0 Å². The average molecular weight is 212 g/mol. The fourth-order valence-corrected chi connectivity index (χ4v) is 1.89. The van der Waals surface area contributed by atoms with Gasteiger partial charge in [-0.15, -0.1) is 0 Å². The first kappa shape index (κ1) is 12.3. The molecular weight excluding hydrogens is 186 g/mol. The van der Waals surface area contributed by atoms with Gasteiger partial charge in [0.1, 0.15) is 0 Å². The molecular formula is C12H26N3+. The normalized spacial score (nSPS) is 17.1. The quantitative estimate of drug-likeness (QED) is 0.536. The molecule has 0 spiro atoms. The standard InChI is InChI=1S/C12H25N3/c1-10(2)13-12(14-11(3)4)15-8-6-5-7-9-15/h10-11H,5-9H2,1-4H3,(H,13,14)/p+1. The van der Waals surface area contributed by atoms with Crippen LogP contribution in [0.5, 0.6) is 0 Å². The first-order valence-electron chi connectivity index (χ1n) is 6.24. The van der Waals surface area contributed by atoms with Gasteiger partial charge in [-0.1, -0.05) is 0 Å². The Morgan fingerprint density at radius 3 is 1.73 bits per heavy atom. The second-order valence-corrected chi connectivity index (χ2v) is 4.99. The van der Waals surface area contributed by atoms with Gasteiger partial charge in [-0.3, -0.25) is 15.2 Å². The van der Waals surface area contributed by atoms with E-state index in [1.807, 2.05) is 0 Å². The summed E-state index contributed by atoms with van der Waals surface area (Å²) in [7, 11) is 0. The molecule has 3 nitrogen and oxygen atoms in total. The second kappa shape index (κ2) is 5.99. The zero-order valence-electron chi connectivity index (χ0n) is 10.6. The summed E-state index contributed by atoms with van der Waals surface area (Å²) in [5.41, 5.74) is 0. The highest BCUT2D eigenvalue weighted by molar-refractivity contribution is 5.75. The average Bonchev–Trinajstić information content (AvgIpc) is 2.17. The van der Waals surface area contributed by atoms with Crippen LogP contribution in [0.3, 0.4) is 0 Å². The Labute approximate surface area is 94.0 Å². The molecule has 0 atom stereocenters. The number of nitrogens with zero attached hydrogens (tertiary/aromatic N) is 1. The minimum absolute atomic E-state index is 0.494. The summed E-state index contributed by atoms with van der Waals surface area (Å²) >= 11 is 0. The molecule has 2 N–H and O–H groups in total. The Morgan fingerprint density at radius 1 is 0.867 bits per heavy atom. The first-order valence-corrected chi connectivity index (χ1v) is 6.24. The third-order valence-electron chi connectivity index (χ3n) is 2.52. The van der Waals surface area contributed by atoms with Crippen LogP contribution in [-0.4, -0.2) is 35.7 Å². The predicted molar refractivity (Wildman–Crippen MR) is 65.4 cm³/mol. The molecule has 88 valence electrons. The lowest BCUT2D eigenvalue weighted by Gasteiger charge is -2.20. The van der Waals surface area contributed by atoms with Crippen LogP contribution >= 0.6 is 0 Å². The number of hydrogen-bond donors (Lipinski definition) is 2. The molecule has 1 saturated heterocycles. The monoisotopic (exact) mass is 212 g/mol. The van der Waals surface area contributed by atoms with Crippen molar-refractivity contribution < 1.29 is 4.58 Å². The van der Waals surface area contributed by atoms with Crippen LogP contribution in [0.1, 0.15) is 47.0 Å². The number of rotatable bonds is 2. The number of nitrogens with one attached hydrogen (secondary N) is 2. The Kier molecular flexibility index (Phi) is 4.92. The molecule has 0 unspecified atom stereocenters. The van der Waals surface area contributed by atoms with Gasteiger partial charge >= 0.3 is 5.96 Å². The SMILES string of the molecule is CC(C)NC(NC(C)C)=[N+]1CCCCC1. The van der Waals surface area contributed by atoms with Gasteiger partial charge in [0.25, 0.3) is 0 Å². The van der Waals surface area contributed by atoms with Crippen LogP contribution in [0.4, 0.5) is 0 Å². The molecule has 1 aliphatic rings. The highest BCUT2D eigenvalue weighted by atomic mass is 15.3. The van der Waals surface area contributed by atoms with Crippen molar-refractivity contribution in [3.8, 4) is 0 Å². The number of hydrogen-bond acceptors (Lipinski definition) is 0. The van der Waals surface area contributed by atoms with E-state index in [4.69, 9.17) is 0 Å². The van der Waals surface area contributed by atoms with Gasteiger partial charge in [0, 0.05) is 0 Å². The predicted octanol–water partition coefficient (Wildman–Crippen LogP) is 1.53. The van der Waals surface area contributed by atoms with Crippen LogP contribution in [0.2, 0.25) is 0 Å². The van der Waals surface area contributed by atoms with E-state index < -0.39 is 0 Å². The summed E-state index contributed by atoms with van der Waals surface area (Å²) in [6, 6.07) is 0.987. The molecule has 1 heterocycles. The fourth-order valence-electron chi connectivity index (χ4n) is 1.89. The molecule has 0 aromatic carbocycles. The Morgan fingerprint density at radius 2 is 1.33 bits per heavy atom. The maximum absolute atomic E-state index is 3.51. The van der Waals surface area contributed by atoms with E-state index in [0.29, 0.717) is 12.1 Å². The smallest absolute Gasteiger partial charge is 0.276 e. The number of piperidine rings is 1. The van der Waals surface area contributed by atoms with E-state index in [2.05, 4.69) is 42.9 Å². The molecule has 0 radical (unpaired) electrons. The van der Waals surface area contributed by atoms with Crippen LogP contribution < -0.4 is 10.6 Å². The van der Waals surface area contributed by atoms with Crippen molar-refractivity contribution in [3.63, 3.8) is 0 Å². The minimum atomic E-state index is 0.494. The molecule has 1 fully saturated rings. The van der Waals surface area contributed by atoms with Crippen molar-refractivity contribution in [2.24, 2.45) is 0 Å². The Balaban J connectivity index is 2.67. The molecule has 0 aromatic heterocycles. The molecule has 0 aromatic rings. The summed E-state index contributed by atoms with van der Waals surface area (Å²) < 4.78 is 2.45. The molecule has 0 saturated carbocycles. The van der Waals surface area contributed by atoms with Crippen molar-refractivity contribution in [3.05, 3.63) is 0 Å². The van der Waals surface area contributed by atoms with Crippen molar-refractivity contribution in [1.82, 2.24) is 10.6 Å². The maximum Gasteiger partial charge on any atom is 0.346 e. The van der Waals surface area contributed by atoms with Gasteiger partial charge in [-0.2, -0.15) is 0 Å². The molecule has 0 aliphatic carbocycles. The molecule has 15 heavy (non-hydrogen) atoms. The van der Waals surface area contributed by atoms with Gasteiger partial charge in [-0.05, 0) is 47.0 Å². The lowest BCUT2D eigenvalue weighted by molar-refractivity contribution is -0.541. The van der Waals surface area contributed by atoms with Gasteiger partial charge < -0.3 is 0 Å². The van der Waals surface area contributed by atoms with E-state index in [-0.39, 0.29) is 0 Å². The summed E-state index contributed by atoms with van der Waals surface area (Å²) in [4.78, 5) is 0. The Hall–Kier alpha value is -0.730. The zero-order valence-corrected chi connectivity index (χ0v) is 10.6. The summed E-state index contributed by atoms with van der Waals surface area (Å²) in [5, 5.41) is 7.02. The highest BCUT2D eigenvalue weighted by Crippen LogP contribution is 2.04. The van der Waals surface area contributed by atoms with E-state index >= 15 is 0 Å². The third kappa shape index (κ3) is 4.54. The van der Waals surface area contributed by atoms with Crippen molar-refractivity contribution in [1.29, 1.82) is 0 Å². The second-order valence-electron chi connectivity index (χ2n) is 4.99. The van der Waals surface area contributed by atoms with Crippen molar-refractivity contribution in [2.45, 2.75) is 59.0 Å². The first-order chi connectivity index (χ1) is 7.09. The third-order valence-corrected chi connectivity index (χ3v) is 2.52. The molecule has 3 heteroatoms. The van der Waals surface area contributed by atoms with Crippen LogP contribution in [0, 0.1) is 0 Å². The van der Waals surface area contributed by atoms with Crippen LogP contribution in [0.25, 0.3) is 0 Å². The van der Waals surface area contributed by atoms with E-state index in [9.17, 15) is 0 Å². The topological polar surface area (TPSA) is 27.1 Å². The maximum atomic E-state index is 3.51. The van der Waals surface area contributed by atoms with E-state index in [1.165, 1.54) is 38.3 Å². The summed E-state index contributed by atoms with van der Waals surface area (Å²) in [6.07, 6.45) is 4.03. The fraction of sp³-hybridized carbons (Fsp3) is 0.917. The largest absolute Gasteiger partial charge is 0.346 e. The Bertz CT molecular complexity index is 199. The summed E-state index contributed by atoms with van der Waals surface area (Å²) in [6.45, 7) is 11.1. The van der Waals surface area contributed by atoms with Gasteiger partial charge in [0.15, 0.2) is 0 Å². The highest BCUT2D eigenvalue weighted by Gasteiger charge is 2.17. The number of guanidine groups is 1. The molecule has 1 aliphatic heterocycles. The minimum Gasteiger partial charge on any atom is -0.276 e. The van der Waals surface area contributed by atoms with E-state index in [1.54, 1.807) is 0 Å². The summed E-state index contributed by atoms with van der Waals surface area (Å²) in [5.74, 6) is 1.22. The van der Waals surface area contributed by atoms with Gasteiger partial charge in [0.05, 0.1) is 25.2 Å². The van der Waals surface area contributed by atoms with Crippen molar-refractivity contribution in [2.75, 3.05) is 13.1 Å².